The lowest BCUT2D eigenvalue weighted by Gasteiger charge is -2.26. The van der Waals surface area contributed by atoms with Gasteiger partial charge in [0.25, 0.3) is 0 Å². The first kappa shape index (κ1) is 21.2. The fourth-order valence-corrected chi connectivity index (χ4v) is 3.98. The van der Waals surface area contributed by atoms with Crippen molar-refractivity contribution < 1.29 is 4.79 Å². The molecule has 0 bridgehead atoms. The number of hydrogen-bond acceptors (Lipinski definition) is 6. The second kappa shape index (κ2) is 9.07. The van der Waals surface area contributed by atoms with Gasteiger partial charge in [-0.1, -0.05) is 6.08 Å². The van der Waals surface area contributed by atoms with E-state index in [2.05, 4.69) is 37.7 Å². The first-order valence-corrected chi connectivity index (χ1v) is 10.9. The molecule has 0 spiro atoms. The molecule has 9 nitrogen and oxygen atoms in total. The predicted molar refractivity (Wildman–Crippen MR) is 136 cm³/mol. The minimum absolute atomic E-state index is 0.126. The number of aromatic nitrogens is 3. The standard InChI is InChI=1S/C25H24N8O/c26-15-17-13-19(1-2-21(17)27)30-22-5-10-29-24-20(22)14-23(32-24)16-6-11-33(12-7-16)25(34)31-18-3-8-28-9-4-18/h1-6,8-10,13-15,26H,7,11-12,27H2,(H,28,31,34)(H2,29,30,32). The molecule has 2 amide bonds. The van der Waals surface area contributed by atoms with Crippen LogP contribution in [0.15, 0.2) is 67.1 Å². The third-order valence-electron chi connectivity index (χ3n) is 5.83. The molecule has 34 heavy (non-hydrogen) atoms. The summed E-state index contributed by atoms with van der Waals surface area (Å²) in [6, 6.07) is 12.9. The Morgan fingerprint density at radius 2 is 1.97 bits per heavy atom. The lowest BCUT2D eigenvalue weighted by molar-refractivity contribution is 0.217. The van der Waals surface area contributed by atoms with Crippen LogP contribution in [0.5, 0.6) is 0 Å². The molecule has 3 aromatic heterocycles. The van der Waals surface area contributed by atoms with Gasteiger partial charge in [0.2, 0.25) is 0 Å². The van der Waals surface area contributed by atoms with Crippen LogP contribution in [0.1, 0.15) is 17.7 Å². The number of fused-ring (bicyclic) bond motifs is 1. The molecule has 1 aliphatic heterocycles. The predicted octanol–water partition coefficient (Wildman–Crippen LogP) is 4.60. The van der Waals surface area contributed by atoms with Crippen LogP contribution in [0.3, 0.4) is 0 Å². The Kier molecular flexibility index (Phi) is 5.65. The van der Waals surface area contributed by atoms with E-state index in [1.54, 1.807) is 41.7 Å². The Morgan fingerprint density at radius 1 is 1.12 bits per heavy atom. The molecule has 0 unspecified atom stereocenters. The number of urea groups is 1. The summed E-state index contributed by atoms with van der Waals surface area (Å²) < 4.78 is 0. The number of amides is 2. The van der Waals surface area contributed by atoms with Crippen molar-refractivity contribution in [3.63, 3.8) is 0 Å². The monoisotopic (exact) mass is 452 g/mol. The molecule has 0 fully saturated rings. The molecule has 0 saturated carbocycles. The number of rotatable bonds is 5. The van der Waals surface area contributed by atoms with Gasteiger partial charge in [-0.25, -0.2) is 9.78 Å². The molecular formula is C25H24N8O. The quantitative estimate of drug-likeness (QED) is 0.223. The van der Waals surface area contributed by atoms with E-state index < -0.39 is 0 Å². The summed E-state index contributed by atoms with van der Waals surface area (Å²) in [5.74, 6) is 0. The number of hydrogen-bond donors (Lipinski definition) is 5. The summed E-state index contributed by atoms with van der Waals surface area (Å²) in [4.78, 5) is 26.2. The van der Waals surface area contributed by atoms with E-state index in [1.807, 2.05) is 18.2 Å². The SMILES string of the molecule is N=Cc1cc(Nc2ccnc3[nH]c(C4=CCN(C(=O)Nc5ccncc5)CC4)cc23)ccc1N. The molecule has 5 rings (SSSR count). The number of carbonyl (C=O) groups is 1. The Balaban J connectivity index is 1.33. The van der Waals surface area contributed by atoms with Crippen molar-refractivity contribution in [2.75, 3.05) is 29.5 Å². The highest BCUT2D eigenvalue weighted by molar-refractivity contribution is 5.95. The van der Waals surface area contributed by atoms with Crippen molar-refractivity contribution in [2.24, 2.45) is 0 Å². The van der Waals surface area contributed by atoms with Gasteiger partial charge in [0, 0.05) is 71.6 Å². The lowest BCUT2D eigenvalue weighted by atomic mass is 10.0. The fraction of sp³-hybridized carbons (Fsp3) is 0.120. The van der Waals surface area contributed by atoms with Crippen LogP contribution in [0.2, 0.25) is 0 Å². The number of nitrogen functional groups attached to an aromatic ring is 1. The van der Waals surface area contributed by atoms with Gasteiger partial charge in [0.05, 0.1) is 5.69 Å². The van der Waals surface area contributed by atoms with Gasteiger partial charge in [-0.2, -0.15) is 0 Å². The topological polar surface area (TPSA) is 136 Å². The summed E-state index contributed by atoms with van der Waals surface area (Å²) in [6.07, 6.45) is 9.10. The number of aromatic amines is 1. The van der Waals surface area contributed by atoms with Gasteiger partial charge in [-0.3, -0.25) is 4.98 Å². The van der Waals surface area contributed by atoms with Crippen LogP contribution in [-0.4, -0.2) is 45.2 Å². The molecule has 1 aliphatic rings. The third-order valence-corrected chi connectivity index (χ3v) is 5.83. The summed E-state index contributed by atoms with van der Waals surface area (Å²) in [5, 5.41) is 14.8. The molecule has 1 aromatic carbocycles. The number of benzene rings is 1. The highest BCUT2D eigenvalue weighted by Crippen LogP contribution is 2.31. The van der Waals surface area contributed by atoms with Crippen molar-refractivity contribution in [2.45, 2.75) is 6.42 Å². The van der Waals surface area contributed by atoms with Gasteiger partial charge < -0.3 is 31.7 Å². The minimum Gasteiger partial charge on any atom is -0.398 e. The molecule has 0 radical (unpaired) electrons. The van der Waals surface area contributed by atoms with Gasteiger partial charge in [0.15, 0.2) is 0 Å². The Morgan fingerprint density at radius 3 is 2.74 bits per heavy atom. The molecule has 4 aromatic rings. The average Bonchev–Trinajstić information content (AvgIpc) is 3.31. The fourth-order valence-electron chi connectivity index (χ4n) is 3.98. The van der Waals surface area contributed by atoms with Gasteiger partial charge in [-0.15, -0.1) is 0 Å². The summed E-state index contributed by atoms with van der Waals surface area (Å²) >= 11 is 0. The van der Waals surface area contributed by atoms with E-state index >= 15 is 0 Å². The van der Waals surface area contributed by atoms with Crippen LogP contribution in [-0.2, 0) is 0 Å². The normalized spacial score (nSPS) is 13.4. The van der Waals surface area contributed by atoms with Gasteiger partial charge in [0.1, 0.15) is 5.65 Å². The van der Waals surface area contributed by atoms with Crippen LogP contribution >= 0.6 is 0 Å². The summed E-state index contributed by atoms with van der Waals surface area (Å²) in [5.41, 5.74) is 12.5. The van der Waals surface area contributed by atoms with E-state index in [9.17, 15) is 4.79 Å². The van der Waals surface area contributed by atoms with Crippen molar-refractivity contribution in [3.05, 3.63) is 78.4 Å². The number of anilines is 4. The Hall–Kier alpha value is -4.66. The highest BCUT2D eigenvalue weighted by Gasteiger charge is 2.19. The van der Waals surface area contributed by atoms with Crippen molar-refractivity contribution in [1.29, 1.82) is 5.41 Å². The zero-order valence-corrected chi connectivity index (χ0v) is 18.4. The minimum atomic E-state index is -0.126. The zero-order chi connectivity index (χ0) is 23.5. The average molecular weight is 453 g/mol. The van der Waals surface area contributed by atoms with Gasteiger partial charge in [-0.05, 0) is 54.5 Å². The summed E-state index contributed by atoms with van der Waals surface area (Å²) in [6.45, 7) is 1.15. The van der Waals surface area contributed by atoms with Crippen molar-refractivity contribution in [1.82, 2.24) is 19.9 Å². The van der Waals surface area contributed by atoms with E-state index in [4.69, 9.17) is 11.1 Å². The maximum absolute atomic E-state index is 12.6. The largest absolute Gasteiger partial charge is 0.398 e. The zero-order valence-electron chi connectivity index (χ0n) is 18.4. The Bertz CT molecular complexity index is 1390. The number of nitrogens with one attached hydrogen (secondary N) is 4. The molecule has 9 heteroatoms. The van der Waals surface area contributed by atoms with Gasteiger partial charge >= 0.3 is 6.03 Å². The van der Waals surface area contributed by atoms with Crippen LogP contribution in [0, 0.1) is 5.41 Å². The maximum Gasteiger partial charge on any atom is 0.322 e. The van der Waals surface area contributed by atoms with E-state index in [-0.39, 0.29) is 6.03 Å². The second-order valence-corrected chi connectivity index (χ2v) is 8.01. The van der Waals surface area contributed by atoms with E-state index in [0.29, 0.717) is 24.3 Å². The maximum atomic E-state index is 12.6. The number of nitrogens with two attached hydrogens (primary N) is 1. The van der Waals surface area contributed by atoms with Crippen molar-refractivity contribution >= 4 is 51.6 Å². The van der Waals surface area contributed by atoms with Crippen LogP contribution < -0.4 is 16.4 Å². The first-order valence-electron chi connectivity index (χ1n) is 10.9. The van der Waals surface area contributed by atoms with E-state index in [0.717, 1.165) is 45.8 Å². The van der Waals surface area contributed by atoms with Crippen LogP contribution in [0.25, 0.3) is 16.6 Å². The molecule has 6 N–H and O–H groups in total. The third kappa shape index (κ3) is 4.31. The van der Waals surface area contributed by atoms with Crippen molar-refractivity contribution in [3.8, 4) is 0 Å². The molecule has 0 atom stereocenters. The number of nitrogens with zero attached hydrogens (tertiary/aromatic N) is 3. The Labute approximate surface area is 196 Å². The molecule has 0 aliphatic carbocycles. The molecule has 0 saturated heterocycles. The summed E-state index contributed by atoms with van der Waals surface area (Å²) in [7, 11) is 0. The first-order chi connectivity index (χ1) is 16.6. The highest BCUT2D eigenvalue weighted by atomic mass is 16.2. The molecule has 4 heterocycles. The number of pyridine rings is 2. The number of H-pyrrole nitrogens is 1. The molecular weight excluding hydrogens is 428 g/mol. The lowest BCUT2D eigenvalue weighted by Crippen LogP contribution is -2.37. The number of carbonyl (C=O) groups excluding carboxylic acids is 1. The molecule has 170 valence electrons. The van der Waals surface area contributed by atoms with E-state index in [1.165, 1.54) is 6.21 Å². The smallest absolute Gasteiger partial charge is 0.322 e. The second-order valence-electron chi connectivity index (χ2n) is 8.01. The van der Waals surface area contributed by atoms with Crippen LogP contribution in [0.4, 0.5) is 27.5 Å².